The summed E-state index contributed by atoms with van der Waals surface area (Å²) in [6.07, 6.45) is 6.83. The van der Waals surface area contributed by atoms with Crippen molar-refractivity contribution in [2.75, 3.05) is 13.7 Å². The Hall–Kier alpha value is -1.02. The fourth-order valence-electron chi connectivity index (χ4n) is 2.68. The second kappa shape index (κ2) is 5.31. The first-order chi connectivity index (χ1) is 8.85. The normalized spacial score (nSPS) is 20.7. The average molecular weight is 245 g/mol. The van der Waals surface area contributed by atoms with E-state index in [2.05, 4.69) is 23.5 Å². The third-order valence-corrected chi connectivity index (χ3v) is 4.17. The highest BCUT2D eigenvalue weighted by Gasteiger charge is 2.32. The van der Waals surface area contributed by atoms with Gasteiger partial charge in [0.05, 0.1) is 7.11 Å². The second-order valence-corrected chi connectivity index (χ2v) is 5.84. The van der Waals surface area contributed by atoms with Gasteiger partial charge in [-0.3, -0.25) is 0 Å². The molecule has 1 atom stereocenters. The van der Waals surface area contributed by atoms with Crippen molar-refractivity contribution in [1.82, 2.24) is 5.32 Å². The van der Waals surface area contributed by atoms with Crippen molar-refractivity contribution < 1.29 is 4.74 Å². The summed E-state index contributed by atoms with van der Waals surface area (Å²) in [5, 5.41) is 3.70. The van der Waals surface area contributed by atoms with Gasteiger partial charge in [-0.25, -0.2) is 0 Å². The molecule has 2 aliphatic rings. The number of benzene rings is 1. The van der Waals surface area contributed by atoms with Crippen molar-refractivity contribution in [3.63, 3.8) is 0 Å². The van der Waals surface area contributed by atoms with E-state index in [9.17, 15) is 0 Å². The molecule has 1 N–H and O–H groups in total. The Balaban J connectivity index is 1.59. The van der Waals surface area contributed by atoms with Gasteiger partial charge in [0.15, 0.2) is 0 Å². The highest BCUT2D eigenvalue weighted by Crippen LogP contribution is 2.38. The lowest BCUT2D eigenvalue weighted by Gasteiger charge is -2.17. The summed E-state index contributed by atoms with van der Waals surface area (Å²) in [6.45, 7) is 1.20. The van der Waals surface area contributed by atoms with Crippen molar-refractivity contribution in [3.8, 4) is 5.75 Å². The van der Waals surface area contributed by atoms with Crippen molar-refractivity contribution in [2.45, 2.75) is 38.1 Å². The molecular weight excluding hydrogens is 222 g/mol. The van der Waals surface area contributed by atoms with Crippen molar-refractivity contribution in [1.29, 1.82) is 0 Å². The van der Waals surface area contributed by atoms with Crippen LogP contribution in [0.25, 0.3) is 0 Å². The first kappa shape index (κ1) is 12.0. The van der Waals surface area contributed by atoms with Crippen LogP contribution in [0.3, 0.4) is 0 Å². The lowest BCUT2D eigenvalue weighted by atomic mass is 9.94. The standard InChI is InChI=1S/C16H23NO/c1-18-16-4-2-3-12(10-16)9-14(13-5-6-13)11-17-15-7-8-15/h2-4,10,13-15,17H,5-9,11H2,1H3. The van der Waals surface area contributed by atoms with Gasteiger partial charge >= 0.3 is 0 Å². The van der Waals surface area contributed by atoms with Gasteiger partial charge in [0.1, 0.15) is 5.75 Å². The molecule has 3 rings (SSSR count). The molecule has 0 heterocycles. The smallest absolute Gasteiger partial charge is 0.119 e. The van der Waals surface area contributed by atoms with E-state index in [1.807, 2.05) is 6.07 Å². The third-order valence-electron chi connectivity index (χ3n) is 4.17. The van der Waals surface area contributed by atoms with Crippen LogP contribution in [-0.2, 0) is 6.42 Å². The molecule has 0 radical (unpaired) electrons. The third kappa shape index (κ3) is 3.26. The van der Waals surface area contributed by atoms with E-state index in [1.165, 1.54) is 44.2 Å². The summed E-state index contributed by atoms with van der Waals surface area (Å²) >= 11 is 0. The summed E-state index contributed by atoms with van der Waals surface area (Å²) in [6, 6.07) is 9.38. The minimum absolute atomic E-state index is 0.817. The monoisotopic (exact) mass is 245 g/mol. The van der Waals surface area contributed by atoms with Crippen LogP contribution in [-0.4, -0.2) is 19.7 Å². The van der Waals surface area contributed by atoms with Gasteiger partial charge in [-0.15, -0.1) is 0 Å². The van der Waals surface area contributed by atoms with E-state index in [1.54, 1.807) is 7.11 Å². The molecule has 2 heteroatoms. The van der Waals surface area contributed by atoms with Crippen molar-refractivity contribution >= 4 is 0 Å². The Labute approximate surface area is 110 Å². The minimum atomic E-state index is 0.817. The van der Waals surface area contributed by atoms with Gasteiger partial charge in [-0.1, -0.05) is 12.1 Å². The Bertz CT molecular complexity index is 396. The Morgan fingerprint density at radius 3 is 2.78 bits per heavy atom. The molecule has 1 aromatic rings. The molecule has 2 fully saturated rings. The van der Waals surface area contributed by atoms with Crippen LogP contribution >= 0.6 is 0 Å². The van der Waals surface area contributed by atoms with Gasteiger partial charge in [0.2, 0.25) is 0 Å². The molecule has 98 valence electrons. The lowest BCUT2D eigenvalue weighted by molar-refractivity contribution is 0.408. The van der Waals surface area contributed by atoms with Gasteiger partial charge < -0.3 is 10.1 Å². The van der Waals surface area contributed by atoms with Crippen LogP contribution in [0.5, 0.6) is 5.75 Å². The van der Waals surface area contributed by atoms with E-state index in [4.69, 9.17) is 4.74 Å². The Morgan fingerprint density at radius 2 is 2.11 bits per heavy atom. The number of hydrogen-bond acceptors (Lipinski definition) is 2. The van der Waals surface area contributed by atoms with E-state index >= 15 is 0 Å². The predicted molar refractivity (Wildman–Crippen MR) is 73.9 cm³/mol. The largest absolute Gasteiger partial charge is 0.497 e. The molecule has 2 nitrogen and oxygen atoms in total. The number of methoxy groups -OCH3 is 1. The summed E-state index contributed by atoms with van der Waals surface area (Å²) < 4.78 is 5.31. The molecule has 0 saturated heterocycles. The maximum absolute atomic E-state index is 5.31. The number of ether oxygens (including phenoxy) is 1. The number of rotatable bonds is 7. The zero-order valence-electron chi connectivity index (χ0n) is 11.2. The zero-order valence-corrected chi connectivity index (χ0v) is 11.2. The molecule has 0 bridgehead atoms. The first-order valence-electron chi connectivity index (χ1n) is 7.21. The maximum Gasteiger partial charge on any atom is 0.119 e. The molecule has 2 saturated carbocycles. The predicted octanol–water partition coefficient (Wildman–Crippen LogP) is 3.02. The molecule has 18 heavy (non-hydrogen) atoms. The highest BCUT2D eigenvalue weighted by atomic mass is 16.5. The van der Waals surface area contributed by atoms with Crippen molar-refractivity contribution in [3.05, 3.63) is 29.8 Å². The maximum atomic E-state index is 5.31. The van der Waals surface area contributed by atoms with E-state index < -0.39 is 0 Å². The fraction of sp³-hybridized carbons (Fsp3) is 0.625. The summed E-state index contributed by atoms with van der Waals surface area (Å²) in [4.78, 5) is 0. The van der Waals surface area contributed by atoms with E-state index in [0.29, 0.717) is 0 Å². The van der Waals surface area contributed by atoms with Crippen LogP contribution in [0.4, 0.5) is 0 Å². The average Bonchev–Trinajstić information content (AvgIpc) is 3.28. The second-order valence-electron chi connectivity index (χ2n) is 5.84. The fourth-order valence-corrected chi connectivity index (χ4v) is 2.68. The van der Waals surface area contributed by atoms with Crippen LogP contribution < -0.4 is 10.1 Å². The Kier molecular flexibility index (Phi) is 3.55. The van der Waals surface area contributed by atoms with Gasteiger partial charge in [-0.2, -0.15) is 0 Å². The topological polar surface area (TPSA) is 21.3 Å². The molecule has 1 unspecified atom stereocenters. The Morgan fingerprint density at radius 1 is 1.28 bits per heavy atom. The van der Waals surface area contributed by atoms with Crippen LogP contribution in [0.15, 0.2) is 24.3 Å². The lowest BCUT2D eigenvalue weighted by Crippen LogP contribution is -2.27. The molecule has 0 aliphatic heterocycles. The number of hydrogen-bond donors (Lipinski definition) is 1. The highest BCUT2D eigenvalue weighted by molar-refractivity contribution is 5.28. The van der Waals surface area contributed by atoms with Crippen molar-refractivity contribution in [2.24, 2.45) is 11.8 Å². The van der Waals surface area contributed by atoms with E-state index in [0.717, 1.165) is 23.6 Å². The van der Waals surface area contributed by atoms with Gasteiger partial charge in [0.25, 0.3) is 0 Å². The summed E-state index contributed by atoms with van der Waals surface area (Å²) in [5.74, 6) is 2.76. The quantitative estimate of drug-likeness (QED) is 0.797. The SMILES string of the molecule is COc1cccc(CC(CNC2CC2)C2CC2)c1. The van der Waals surface area contributed by atoms with Gasteiger partial charge in [0, 0.05) is 6.04 Å². The summed E-state index contributed by atoms with van der Waals surface area (Å²) in [5.41, 5.74) is 1.42. The summed E-state index contributed by atoms with van der Waals surface area (Å²) in [7, 11) is 1.74. The zero-order chi connectivity index (χ0) is 12.4. The van der Waals surface area contributed by atoms with Crippen LogP contribution in [0, 0.1) is 11.8 Å². The molecular formula is C16H23NO. The number of nitrogens with one attached hydrogen (secondary N) is 1. The molecule has 0 spiro atoms. The minimum Gasteiger partial charge on any atom is -0.497 e. The molecule has 1 aromatic carbocycles. The first-order valence-corrected chi connectivity index (χ1v) is 7.21. The molecule has 0 amide bonds. The van der Waals surface area contributed by atoms with Gasteiger partial charge in [-0.05, 0) is 68.2 Å². The van der Waals surface area contributed by atoms with Crippen LogP contribution in [0.2, 0.25) is 0 Å². The van der Waals surface area contributed by atoms with E-state index in [-0.39, 0.29) is 0 Å². The van der Waals surface area contributed by atoms with Crippen LogP contribution in [0.1, 0.15) is 31.2 Å². The molecule has 2 aliphatic carbocycles. The molecule has 0 aromatic heterocycles.